The van der Waals surface area contributed by atoms with Gasteiger partial charge in [-0.1, -0.05) is 42.5 Å². The zero-order valence-electron chi connectivity index (χ0n) is 11.1. The van der Waals surface area contributed by atoms with Gasteiger partial charge in [0.15, 0.2) is 9.84 Å². The maximum atomic E-state index is 12.4. The molecule has 3 rings (SSSR count). The molecule has 1 aliphatic carbocycles. The molecule has 0 bridgehead atoms. The molecule has 0 atom stereocenters. The zero-order valence-corrected chi connectivity index (χ0v) is 11.9. The van der Waals surface area contributed by atoms with Crippen LogP contribution in [-0.2, 0) is 16.3 Å². The van der Waals surface area contributed by atoms with Gasteiger partial charge < -0.3 is 0 Å². The summed E-state index contributed by atoms with van der Waals surface area (Å²) in [6.45, 7) is 0. The van der Waals surface area contributed by atoms with Crippen LogP contribution in [-0.4, -0.2) is 8.42 Å². The van der Waals surface area contributed by atoms with E-state index < -0.39 is 9.84 Å². The highest BCUT2D eigenvalue weighted by molar-refractivity contribution is 7.94. The molecule has 2 aromatic carbocycles. The van der Waals surface area contributed by atoms with E-state index in [1.807, 2.05) is 24.3 Å². The second kappa shape index (κ2) is 5.25. The number of fused-ring (bicyclic) bond motifs is 1. The van der Waals surface area contributed by atoms with E-state index >= 15 is 0 Å². The van der Waals surface area contributed by atoms with Crippen LogP contribution in [0.1, 0.15) is 24.0 Å². The quantitative estimate of drug-likeness (QED) is 0.839. The molecule has 0 heterocycles. The Morgan fingerprint density at radius 2 is 1.55 bits per heavy atom. The summed E-state index contributed by atoms with van der Waals surface area (Å²) in [5.41, 5.74) is 3.25. The largest absolute Gasteiger partial charge is 0.219 e. The smallest absolute Gasteiger partial charge is 0.200 e. The van der Waals surface area contributed by atoms with Gasteiger partial charge in [-0.25, -0.2) is 8.42 Å². The summed E-state index contributed by atoms with van der Waals surface area (Å²) in [6.07, 6.45) is 2.86. The summed E-state index contributed by atoms with van der Waals surface area (Å²) in [5, 5.41) is 1.44. The number of benzene rings is 2. The van der Waals surface area contributed by atoms with Gasteiger partial charge >= 0.3 is 0 Å². The van der Waals surface area contributed by atoms with E-state index in [1.165, 1.54) is 11.0 Å². The van der Waals surface area contributed by atoms with Crippen molar-refractivity contribution in [1.29, 1.82) is 0 Å². The summed E-state index contributed by atoms with van der Waals surface area (Å²) in [4.78, 5) is 0.357. The van der Waals surface area contributed by atoms with Crippen LogP contribution in [0, 0.1) is 0 Å². The Kier molecular flexibility index (Phi) is 3.45. The molecule has 0 saturated carbocycles. The molecule has 2 aromatic rings. The molecule has 2 nitrogen and oxygen atoms in total. The third kappa shape index (κ3) is 2.54. The summed E-state index contributed by atoms with van der Waals surface area (Å²) in [7, 11) is -3.36. The molecule has 0 amide bonds. The van der Waals surface area contributed by atoms with Gasteiger partial charge in [-0.05, 0) is 48.1 Å². The summed E-state index contributed by atoms with van der Waals surface area (Å²) in [5.74, 6) is 0. The van der Waals surface area contributed by atoms with E-state index in [0.717, 1.165) is 30.4 Å². The SMILES string of the molecule is O=S(=O)(/C=C1\CCCc2ccccc21)c1ccccc1. The van der Waals surface area contributed by atoms with E-state index in [-0.39, 0.29) is 0 Å². The molecule has 0 saturated heterocycles. The molecule has 20 heavy (non-hydrogen) atoms. The first-order chi connectivity index (χ1) is 9.67. The molecular weight excluding hydrogens is 268 g/mol. The number of rotatable bonds is 2. The van der Waals surface area contributed by atoms with Crippen LogP contribution < -0.4 is 0 Å². The van der Waals surface area contributed by atoms with Crippen molar-refractivity contribution in [2.24, 2.45) is 0 Å². The highest BCUT2D eigenvalue weighted by Crippen LogP contribution is 2.32. The molecule has 0 radical (unpaired) electrons. The lowest BCUT2D eigenvalue weighted by molar-refractivity contribution is 0.604. The fourth-order valence-corrected chi connectivity index (χ4v) is 3.94. The molecule has 0 spiro atoms. The molecule has 0 N–H and O–H groups in total. The Hall–Kier alpha value is -1.87. The molecule has 1 aliphatic rings. The van der Waals surface area contributed by atoms with Crippen molar-refractivity contribution in [3.8, 4) is 0 Å². The van der Waals surface area contributed by atoms with Crippen LogP contribution in [0.15, 0.2) is 64.9 Å². The predicted octanol–water partition coefficient (Wildman–Crippen LogP) is 3.84. The number of hydrogen-bond donors (Lipinski definition) is 0. The Morgan fingerprint density at radius 1 is 0.850 bits per heavy atom. The highest BCUT2D eigenvalue weighted by Gasteiger charge is 2.18. The normalized spacial score (nSPS) is 16.9. The maximum absolute atomic E-state index is 12.4. The number of aryl methyl sites for hydroxylation is 1. The summed E-state index contributed by atoms with van der Waals surface area (Å²) in [6, 6.07) is 16.7. The Labute approximate surface area is 119 Å². The lowest BCUT2D eigenvalue weighted by Gasteiger charge is -2.18. The van der Waals surface area contributed by atoms with Gasteiger partial charge in [-0.3, -0.25) is 0 Å². The van der Waals surface area contributed by atoms with E-state index in [9.17, 15) is 8.42 Å². The third-order valence-corrected chi connectivity index (χ3v) is 5.15. The van der Waals surface area contributed by atoms with Crippen LogP contribution in [0.25, 0.3) is 5.57 Å². The fourth-order valence-electron chi connectivity index (χ4n) is 2.64. The first-order valence-electron chi connectivity index (χ1n) is 6.76. The average Bonchev–Trinajstić information content (AvgIpc) is 2.48. The van der Waals surface area contributed by atoms with E-state index in [4.69, 9.17) is 0 Å². The number of allylic oxidation sites excluding steroid dienone is 1. The van der Waals surface area contributed by atoms with Gasteiger partial charge in [0.05, 0.1) is 4.90 Å². The van der Waals surface area contributed by atoms with Gasteiger partial charge in [0.1, 0.15) is 0 Å². The Bertz CT molecular complexity index is 744. The maximum Gasteiger partial charge on any atom is 0.200 e. The second-order valence-corrected chi connectivity index (χ2v) is 6.81. The van der Waals surface area contributed by atoms with Crippen molar-refractivity contribution in [1.82, 2.24) is 0 Å². The van der Waals surface area contributed by atoms with Crippen LogP contribution >= 0.6 is 0 Å². The molecule has 0 unspecified atom stereocenters. The summed E-state index contributed by atoms with van der Waals surface area (Å²) < 4.78 is 24.9. The Morgan fingerprint density at radius 3 is 2.35 bits per heavy atom. The van der Waals surface area contributed by atoms with Gasteiger partial charge in [-0.15, -0.1) is 0 Å². The number of hydrogen-bond acceptors (Lipinski definition) is 2. The minimum Gasteiger partial charge on any atom is -0.219 e. The van der Waals surface area contributed by atoms with Crippen LogP contribution in [0.4, 0.5) is 0 Å². The fraction of sp³-hybridized carbons (Fsp3) is 0.176. The molecular formula is C17H16O2S. The molecule has 102 valence electrons. The summed E-state index contributed by atoms with van der Waals surface area (Å²) >= 11 is 0. The molecule has 0 aliphatic heterocycles. The van der Waals surface area contributed by atoms with Crippen molar-refractivity contribution in [3.63, 3.8) is 0 Å². The topological polar surface area (TPSA) is 34.1 Å². The third-order valence-electron chi connectivity index (χ3n) is 3.62. The van der Waals surface area contributed by atoms with E-state index in [2.05, 4.69) is 6.07 Å². The van der Waals surface area contributed by atoms with Gasteiger partial charge in [-0.2, -0.15) is 0 Å². The van der Waals surface area contributed by atoms with Crippen LogP contribution in [0.5, 0.6) is 0 Å². The van der Waals surface area contributed by atoms with Gasteiger partial charge in [0.2, 0.25) is 0 Å². The molecule has 3 heteroatoms. The Balaban J connectivity index is 2.06. The number of sulfone groups is 1. The van der Waals surface area contributed by atoms with Crippen molar-refractivity contribution < 1.29 is 8.42 Å². The van der Waals surface area contributed by atoms with Gasteiger partial charge in [0.25, 0.3) is 0 Å². The standard InChI is InChI=1S/C17H16O2S/c18-20(19,16-10-2-1-3-11-16)13-15-9-6-8-14-7-4-5-12-17(14)15/h1-5,7,10-13H,6,8-9H2/b15-13+. The minimum absolute atomic E-state index is 0.357. The lowest BCUT2D eigenvalue weighted by atomic mass is 9.88. The second-order valence-electron chi connectivity index (χ2n) is 5.01. The van der Waals surface area contributed by atoms with Crippen molar-refractivity contribution in [3.05, 3.63) is 71.1 Å². The monoisotopic (exact) mass is 284 g/mol. The zero-order chi connectivity index (χ0) is 14.0. The average molecular weight is 284 g/mol. The first-order valence-corrected chi connectivity index (χ1v) is 8.30. The first kappa shape index (κ1) is 13.1. The van der Waals surface area contributed by atoms with Crippen LogP contribution in [0.2, 0.25) is 0 Å². The predicted molar refractivity (Wildman–Crippen MR) is 81.0 cm³/mol. The van der Waals surface area contributed by atoms with Crippen molar-refractivity contribution in [2.75, 3.05) is 0 Å². The lowest BCUT2D eigenvalue weighted by Crippen LogP contribution is -2.04. The highest BCUT2D eigenvalue weighted by atomic mass is 32.2. The van der Waals surface area contributed by atoms with Crippen molar-refractivity contribution in [2.45, 2.75) is 24.2 Å². The minimum atomic E-state index is -3.36. The van der Waals surface area contributed by atoms with E-state index in [1.54, 1.807) is 24.3 Å². The van der Waals surface area contributed by atoms with Gasteiger partial charge in [0, 0.05) is 5.41 Å². The van der Waals surface area contributed by atoms with Crippen molar-refractivity contribution >= 4 is 15.4 Å². The van der Waals surface area contributed by atoms with Crippen LogP contribution in [0.3, 0.4) is 0 Å². The van der Waals surface area contributed by atoms with E-state index in [0.29, 0.717) is 4.90 Å². The molecule has 0 aromatic heterocycles. The molecule has 0 fully saturated rings.